The van der Waals surface area contributed by atoms with Gasteiger partial charge >= 0.3 is 5.97 Å². The van der Waals surface area contributed by atoms with Gasteiger partial charge in [0.15, 0.2) is 11.6 Å². The second-order valence-corrected chi connectivity index (χ2v) is 4.87. The summed E-state index contributed by atoms with van der Waals surface area (Å²) in [6, 6.07) is 3.94. The minimum absolute atomic E-state index is 0.0966. The fourth-order valence-electron chi connectivity index (χ4n) is 2.46. The first kappa shape index (κ1) is 15.9. The van der Waals surface area contributed by atoms with Crippen LogP contribution in [0.4, 0.5) is 8.78 Å². The molecule has 0 bridgehead atoms. The minimum atomic E-state index is -0.912. The van der Waals surface area contributed by atoms with E-state index in [0.29, 0.717) is 18.4 Å². The first-order valence-corrected chi connectivity index (χ1v) is 6.85. The Kier molecular flexibility index (Phi) is 5.09. The molecule has 0 aromatic heterocycles. The molecule has 1 aliphatic rings. The highest BCUT2D eigenvalue weighted by Gasteiger charge is 2.22. The minimum Gasteiger partial charge on any atom is -0.515 e. The zero-order chi connectivity index (χ0) is 16.1. The molecule has 0 radical (unpaired) electrons. The molecule has 5 heteroatoms. The average Bonchev–Trinajstić information content (AvgIpc) is 2.97. The fraction of sp³-hybridized carbons (Fsp3) is 0.235. The molecule has 0 fully saturated rings. The van der Waals surface area contributed by atoms with Crippen molar-refractivity contribution in [2.24, 2.45) is 0 Å². The van der Waals surface area contributed by atoms with Crippen molar-refractivity contribution >= 4 is 12.0 Å². The SMILES string of the molecule is COC(=O)/C(=C/O)C1=C(/C=C/c2cccc(F)c2F)CCC1. The molecular weight excluding hydrogens is 290 g/mol. The van der Waals surface area contributed by atoms with E-state index in [0.717, 1.165) is 24.3 Å². The molecule has 0 atom stereocenters. The first-order valence-electron chi connectivity index (χ1n) is 6.85. The number of aliphatic hydroxyl groups excluding tert-OH is 1. The van der Waals surface area contributed by atoms with E-state index in [1.165, 1.54) is 25.3 Å². The van der Waals surface area contributed by atoms with Crippen molar-refractivity contribution < 1.29 is 23.4 Å². The molecule has 0 saturated carbocycles. The number of allylic oxidation sites excluding steroid dienone is 2. The summed E-state index contributed by atoms with van der Waals surface area (Å²) in [4.78, 5) is 11.6. The maximum atomic E-state index is 13.6. The quantitative estimate of drug-likeness (QED) is 0.518. The summed E-state index contributed by atoms with van der Waals surface area (Å²) in [5.74, 6) is -2.44. The standard InChI is InChI=1S/C17H16F2O3/c1-22-17(21)14(10-20)13-6-2-4-11(13)8-9-12-5-3-7-15(18)16(12)19/h3,5,7-10,20H,2,4,6H2,1H3/b9-8+,14-10+. The highest BCUT2D eigenvalue weighted by atomic mass is 19.2. The van der Waals surface area contributed by atoms with Gasteiger partial charge in [-0.05, 0) is 36.5 Å². The maximum absolute atomic E-state index is 13.6. The van der Waals surface area contributed by atoms with Crippen molar-refractivity contribution in [3.63, 3.8) is 0 Å². The number of ether oxygens (including phenoxy) is 1. The van der Waals surface area contributed by atoms with Crippen LogP contribution in [0.15, 0.2) is 47.3 Å². The Balaban J connectivity index is 2.34. The maximum Gasteiger partial charge on any atom is 0.341 e. The van der Waals surface area contributed by atoms with E-state index in [4.69, 9.17) is 0 Å². The van der Waals surface area contributed by atoms with Gasteiger partial charge in [-0.25, -0.2) is 13.6 Å². The van der Waals surface area contributed by atoms with Gasteiger partial charge in [0.2, 0.25) is 0 Å². The molecular formula is C17H16F2O3. The van der Waals surface area contributed by atoms with E-state index in [1.54, 1.807) is 6.08 Å². The Morgan fingerprint density at radius 3 is 2.73 bits per heavy atom. The van der Waals surface area contributed by atoms with Gasteiger partial charge in [0.1, 0.15) is 0 Å². The number of carbonyl (C=O) groups excluding carboxylic acids is 1. The number of methoxy groups -OCH3 is 1. The molecule has 1 aromatic rings. The molecule has 116 valence electrons. The molecule has 0 spiro atoms. The summed E-state index contributed by atoms with van der Waals surface area (Å²) < 4.78 is 31.4. The van der Waals surface area contributed by atoms with Crippen LogP contribution in [-0.4, -0.2) is 18.2 Å². The zero-order valence-corrected chi connectivity index (χ0v) is 12.1. The van der Waals surface area contributed by atoms with Gasteiger partial charge < -0.3 is 9.84 Å². The number of carbonyl (C=O) groups is 1. The molecule has 0 aliphatic heterocycles. The van der Waals surface area contributed by atoms with Gasteiger partial charge in [-0.3, -0.25) is 0 Å². The zero-order valence-electron chi connectivity index (χ0n) is 12.1. The van der Waals surface area contributed by atoms with E-state index < -0.39 is 17.6 Å². The smallest absolute Gasteiger partial charge is 0.341 e. The van der Waals surface area contributed by atoms with Crippen molar-refractivity contribution in [3.8, 4) is 0 Å². The predicted octanol–water partition coefficient (Wildman–Crippen LogP) is 4.07. The van der Waals surface area contributed by atoms with Crippen LogP contribution in [-0.2, 0) is 9.53 Å². The summed E-state index contributed by atoms with van der Waals surface area (Å²) >= 11 is 0. The number of aliphatic hydroxyl groups is 1. The van der Waals surface area contributed by atoms with E-state index in [1.807, 2.05) is 0 Å². The fourth-order valence-corrected chi connectivity index (χ4v) is 2.46. The number of hydrogen-bond donors (Lipinski definition) is 1. The van der Waals surface area contributed by atoms with Gasteiger partial charge in [0.05, 0.1) is 18.9 Å². The van der Waals surface area contributed by atoms with Crippen LogP contribution >= 0.6 is 0 Å². The van der Waals surface area contributed by atoms with Crippen molar-refractivity contribution in [3.05, 3.63) is 64.5 Å². The molecule has 0 unspecified atom stereocenters. The molecule has 1 aromatic carbocycles. The molecule has 0 heterocycles. The number of benzene rings is 1. The van der Waals surface area contributed by atoms with Gasteiger partial charge in [-0.2, -0.15) is 0 Å². The number of esters is 1. The van der Waals surface area contributed by atoms with Crippen LogP contribution in [0.5, 0.6) is 0 Å². The van der Waals surface area contributed by atoms with E-state index in [9.17, 15) is 18.7 Å². The Bertz CT molecular complexity index is 672. The third kappa shape index (κ3) is 3.24. The lowest BCUT2D eigenvalue weighted by atomic mass is 10.0. The van der Waals surface area contributed by atoms with Crippen LogP contribution in [0.2, 0.25) is 0 Å². The lowest BCUT2D eigenvalue weighted by Gasteiger charge is -2.06. The monoisotopic (exact) mass is 306 g/mol. The third-order valence-corrected chi connectivity index (χ3v) is 3.57. The molecule has 3 nitrogen and oxygen atoms in total. The Hall–Kier alpha value is -2.43. The third-order valence-electron chi connectivity index (χ3n) is 3.57. The average molecular weight is 306 g/mol. The molecule has 2 rings (SSSR count). The molecule has 1 aliphatic carbocycles. The van der Waals surface area contributed by atoms with Crippen molar-refractivity contribution in [2.75, 3.05) is 7.11 Å². The predicted molar refractivity (Wildman–Crippen MR) is 79.0 cm³/mol. The molecule has 22 heavy (non-hydrogen) atoms. The number of hydrogen-bond acceptors (Lipinski definition) is 3. The molecule has 1 N–H and O–H groups in total. The van der Waals surface area contributed by atoms with Crippen molar-refractivity contribution in [1.82, 2.24) is 0 Å². The van der Waals surface area contributed by atoms with Crippen LogP contribution < -0.4 is 0 Å². The first-order chi connectivity index (χ1) is 10.6. The van der Waals surface area contributed by atoms with Gasteiger partial charge in [0, 0.05) is 5.56 Å². The Labute approximate surface area is 127 Å². The highest BCUT2D eigenvalue weighted by Crippen LogP contribution is 2.33. The van der Waals surface area contributed by atoms with Crippen LogP contribution in [0.1, 0.15) is 24.8 Å². The van der Waals surface area contributed by atoms with Gasteiger partial charge in [0.25, 0.3) is 0 Å². The summed E-state index contributed by atoms with van der Waals surface area (Å²) in [5.41, 5.74) is 1.70. The van der Waals surface area contributed by atoms with Gasteiger partial charge in [-0.1, -0.05) is 24.3 Å². The lowest BCUT2D eigenvalue weighted by molar-refractivity contribution is -0.135. The lowest BCUT2D eigenvalue weighted by Crippen LogP contribution is -2.07. The summed E-state index contributed by atoms with van der Waals surface area (Å²) in [6.45, 7) is 0. The molecule has 0 amide bonds. The van der Waals surface area contributed by atoms with Crippen LogP contribution in [0.3, 0.4) is 0 Å². The summed E-state index contributed by atoms with van der Waals surface area (Å²) in [6.07, 6.45) is 5.96. The van der Waals surface area contributed by atoms with Crippen LogP contribution in [0.25, 0.3) is 6.08 Å². The summed E-state index contributed by atoms with van der Waals surface area (Å²) in [5, 5.41) is 9.24. The van der Waals surface area contributed by atoms with Crippen LogP contribution in [0, 0.1) is 11.6 Å². The van der Waals surface area contributed by atoms with E-state index in [2.05, 4.69) is 4.74 Å². The topological polar surface area (TPSA) is 46.5 Å². The van der Waals surface area contributed by atoms with Crippen molar-refractivity contribution in [1.29, 1.82) is 0 Å². The normalized spacial score (nSPS) is 15.7. The largest absolute Gasteiger partial charge is 0.515 e. The Morgan fingerprint density at radius 2 is 2.05 bits per heavy atom. The highest BCUT2D eigenvalue weighted by molar-refractivity contribution is 5.93. The number of rotatable bonds is 4. The second-order valence-electron chi connectivity index (χ2n) is 4.87. The van der Waals surface area contributed by atoms with E-state index >= 15 is 0 Å². The number of halogens is 2. The Morgan fingerprint density at radius 1 is 1.27 bits per heavy atom. The van der Waals surface area contributed by atoms with Gasteiger partial charge in [-0.15, -0.1) is 0 Å². The summed E-state index contributed by atoms with van der Waals surface area (Å²) in [7, 11) is 1.24. The van der Waals surface area contributed by atoms with Crippen molar-refractivity contribution in [2.45, 2.75) is 19.3 Å². The molecule has 0 saturated heterocycles. The van der Waals surface area contributed by atoms with E-state index in [-0.39, 0.29) is 11.1 Å². The second kappa shape index (κ2) is 7.02.